The number of pyridine rings is 1. The molecule has 0 N–H and O–H groups in total. The van der Waals surface area contributed by atoms with E-state index in [1.54, 1.807) is 0 Å². The lowest BCUT2D eigenvalue weighted by Crippen LogP contribution is -2.01. The molecule has 0 atom stereocenters. The SMILES string of the molecule is [B]c1ccc(Cc2ccc3ccccc3n2)cc1. The van der Waals surface area contributed by atoms with Gasteiger partial charge in [-0.1, -0.05) is 54.0 Å². The van der Waals surface area contributed by atoms with Crippen LogP contribution in [-0.4, -0.2) is 12.8 Å². The maximum Gasteiger partial charge on any atom is 0.113 e. The molecule has 1 heterocycles. The Morgan fingerprint density at radius 1 is 0.833 bits per heavy atom. The lowest BCUT2D eigenvalue weighted by Gasteiger charge is -2.04. The zero-order valence-electron chi connectivity index (χ0n) is 10.0. The van der Waals surface area contributed by atoms with Gasteiger partial charge >= 0.3 is 0 Å². The van der Waals surface area contributed by atoms with Crippen molar-refractivity contribution in [3.63, 3.8) is 0 Å². The number of fused-ring (bicyclic) bond motifs is 1. The third-order valence-corrected chi connectivity index (χ3v) is 3.02. The maximum absolute atomic E-state index is 5.68. The fraction of sp³-hybridized carbons (Fsp3) is 0.0625. The molecule has 2 aromatic carbocycles. The van der Waals surface area contributed by atoms with Crippen LogP contribution in [0.4, 0.5) is 0 Å². The van der Waals surface area contributed by atoms with Crippen LogP contribution in [0.2, 0.25) is 0 Å². The van der Waals surface area contributed by atoms with E-state index in [0.29, 0.717) is 0 Å². The van der Waals surface area contributed by atoms with Gasteiger partial charge in [-0.2, -0.15) is 0 Å². The van der Waals surface area contributed by atoms with Crippen molar-refractivity contribution in [2.75, 3.05) is 0 Å². The molecule has 0 spiro atoms. The van der Waals surface area contributed by atoms with Gasteiger partial charge < -0.3 is 0 Å². The fourth-order valence-corrected chi connectivity index (χ4v) is 2.05. The molecule has 0 aliphatic carbocycles. The quantitative estimate of drug-likeness (QED) is 0.615. The molecule has 0 aliphatic rings. The van der Waals surface area contributed by atoms with Crippen molar-refractivity contribution >= 4 is 24.2 Å². The normalized spacial score (nSPS) is 10.7. The average Bonchev–Trinajstić information content (AvgIpc) is 2.41. The van der Waals surface area contributed by atoms with Crippen molar-refractivity contribution < 1.29 is 0 Å². The Balaban J connectivity index is 1.92. The van der Waals surface area contributed by atoms with E-state index < -0.39 is 0 Å². The molecule has 3 rings (SSSR count). The number of para-hydroxylation sites is 1. The monoisotopic (exact) mass is 229 g/mol. The third kappa shape index (κ3) is 2.28. The van der Waals surface area contributed by atoms with E-state index in [1.165, 1.54) is 10.9 Å². The molecule has 0 aliphatic heterocycles. The van der Waals surface area contributed by atoms with Crippen LogP contribution in [-0.2, 0) is 6.42 Å². The zero-order chi connectivity index (χ0) is 12.4. The van der Waals surface area contributed by atoms with Crippen LogP contribution in [0.25, 0.3) is 10.9 Å². The van der Waals surface area contributed by atoms with E-state index in [9.17, 15) is 0 Å². The summed E-state index contributed by atoms with van der Waals surface area (Å²) in [6, 6.07) is 20.3. The van der Waals surface area contributed by atoms with Crippen LogP contribution >= 0.6 is 0 Å². The Morgan fingerprint density at radius 2 is 1.61 bits per heavy atom. The summed E-state index contributed by atoms with van der Waals surface area (Å²) in [6.07, 6.45) is 0.838. The molecule has 3 aromatic rings. The zero-order valence-corrected chi connectivity index (χ0v) is 10.0. The van der Waals surface area contributed by atoms with E-state index >= 15 is 0 Å². The Morgan fingerprint density at radius 3 is 2.44 bits per heavy atom. The predicted octanol–water partition coefficient (Wildman–Crippen LogP) is 2.62. The van der Waals surface area contributed by atoms with Crippen molar-refractivity contribution in [2.45, 2.75) is 6.42 Å². The Labute approximate surface area is 108 Å². The lowest BCUT2D eigenvalue weighted by atomic mass is 9.94. The smallest absolute Gasteiger partial charge is 0.113 e. The van der Waals surface area contributed by atoms with E-state index in [-0.39, 0.29) is 0 Å². The standard InChI is InChI=1S/C16H12BN/c17-14-8-5-12(6-9-14)11-15-10-7-13-3-1-2-4-16(13)18-15/h1-10H,11H2. The highest BCUT2D eigenvalue weighted by atomic mass is 14.7. The lowest BCUT2D eigenvalue weighted by molar-refractivity contribution is 1.10. The molecular weight excluding hydrogens is 217 g/mol. The summed E-state index contributed by atoms with van der Waals surface area (Å²) >= 11 is 0. The van der Waals surface area contributed by atoms with Crippen LogP contribution < -0.4 is 5.46 Å². The molecule has 0 saturated carbocycles. The van der Waals surface area contributed by atoms with E-state index in [0.717, 1.165) is 23.1 Å². The summed E-state index contributed by atoms with van der Waals surface area (Å²) in [4.78, 5) is 4.66. The van der Waals surface area contributed by atoms with Crippen LogP contribution in [0, 0.1) is 0 Å². The van der Waals surface area contributed by atoms with Crippen LogP contribution in [0.5, 0.6) is 0 Å². The number of aromatic nitrogens is 1. The summed E-state index contributed by atoms with van der Waals surface area (Å²) in [5.74, 6) is 0. The second kappa shape index (κ2) is 4.65. The third-order valence-electron chi connectivity index (χ3n) is 3.02. The van der Waals surface area contributed by atoms with Crippen molar-refractivity contribution in [3.8, 4) is 0 Å². The van der Waals surface area contributed by atoms with Gasteiger partial charge in [-0.25, -0.2) is 0 Å². The topological polar surface area (TPSA) is 12.9 Å². The van der Waals surface area contributed by atoms with Gasteiger partial charge in [-0.15, -0.1) is 0 Å². The van der Waals surface area contributed by atoms with Gasteiger partial charge in [-0.3, -0.25) is 4.98 Å². The number of hydrogen-bond donors (Lipinski definition) is 0. The number of hydrogen-bond acceptors (Lipinski definition) is 1. The number of nitrogens with zero attached hydrogens (tertiary/aromatic N) is 1. The predicted molar refractivity (Wildman–Crippen MR) is 76.4 cm³/mol. The van der Waals surface area contributed by atoms with Gasteiger partial charge in [0.25, 0.3) is 0 Å². The molecule has 1 nitrogen and oxygen atoms in total. The highest BCUT2D eigenvalue weighted by Crippen LogP contribution is 2.14. The Hall–Kier alpha value is -2.09. The summed E-state index contributed by atoms with van der Waals surface area (Å²) in [7, 11) is 5.68. The van der Waals surface area contributed by atoms with Crippen LogP contribution in [0.3, 0.4) is 0 Å². The van der Waals surface area contributed by atoms with Gasteiger partial charge in [0, 0.05) is 17.5 Å². The first-order valence-electron chi connectivity index (χ1n) is 6.00. The summed E-state index contributed by atoms with van der Waals surface area (Å²) in [5.41, 5.74) is 4.15. The molecule has 2 radical (unpaired) electrons. The fourth-order valence-electron chi connectivity index (χ4n) is 2.05. The van der Waals surface area contributed by atoms with Crippen molar-refractivity contribution in [2.24, 2.45) is 0 Å². The van der Waals surface area contributed by atoms with Gasteiger partial charge in [0.2, 0.25) is 0 Å². The molecule has 0 fully saturated rings. The molecule has 0 unspecified atom stereocenters. The second-order valence-electron chi connectivity index (χ2n) is 4.41. The summed E-state index contributed by atoms with van der Waals surface area (Å²) in [5, 5.41) is 1.18. The first kappa shape index (κ1) is 11.0. The first-order chi connectivity index (χ1) is 8.81. The Kier molecular flexibility index (Phi) is 2.85. The molecule has 84 valence electrons. The molecular formula is C16H12BN. The summed E-state index contributed by atoms with van der Waals surface area (Å²) in [6.45, 7) is 0. The molecule has 18 heavy (non-hydrogen) atoms. The van der Waals surface area contributed by atoms with E-state index in [2.05, 4.69) is 23.2 Å². The largest absolute Gasteiger partial charge is 0.252 e. The molecule has 0 saturated heterocycles. The minimum absolute atomic E-state index is 0.797. The van der Waals surface area contributed by atoms with Crippen LogP contribution in [0.1, 0.15) is 11.3 Å². The average molecular weight is 229 g/mol. The molecule has 0 bridgehead atoms. The molecule has 1 aromatic heterocycles. The minimum Gasteiger partial charge on any atom is -0.252 e. The Bertz CT molecular complexity index is 674. The first-order valence-corrected chi connectivity index (χ1v) is 6.00. The summed E-state index contributed by atoms with van der Waals surface area (Å²) < 4.78 is 0. The van der Waals surface area contributed by atoms with Gasteiger partial charge in [0.1, 0.15) is 7.85 Å². The van der Waals surface area contributed by atoms with Gasteiger partial charge in [-0.05, 0) is 17.7 Å². The van der Waals surface area contributed by atoms with Gasteiger partial charge in [0.05, 0.1) is 5.52 Å². The molecule has 0 amide bonds. The maximum atomic E-state index is 5.68. The van der Waals surface area contributed by atoms with Crippen molar-refractivity contribution in [1.82, 2.24) is 4.98 Å². The van der Waals surface area contributed by atoms with E-state index in [1.807, 2.05) is 42.5 Å². The van der Waals surface area contributed by atoms with Gasteiger partial charge in [0.15, 0.2) is 0 Å². The molecule has 2 heteroatoms. The highest BCUT2D eigenvalue weighted by molar-refractivity contribution is 6.32. The van der Waals surface area contributed by atoms with E-state index in [4.69, 9.17) is 7.85 Å². The van der Waals surface area contributed by atoms with Crippen LogP contribution in [0.15, 0.2) is 60.7 Å². The number of rotatable bonds is 2. The highest BCUT2D eigenvalue weighted by Gasteiger charge is 1.99. The minimum atomic E-state index is 0.797. The second-order valence-corrected chi connectivity index (χ2v) is 4.41. The van der Waals surface area contributed by atoms with Crippen molar-refractivity contribution in [3.05, 3.63) is 71.9 Å². The number of benzene rings is 2. The van der Waals surface area contributed by atoms with Crippen molar-refractivity contribution in [1.29, 1.82) is 0 Å².